The SMILES string of the molecule is COc1ccc(NC(=O)c2cccc(CN)c2)cn1. The summed E-state index contributed by atoms with van der Waals surface area (Å²) in [4.78, 5) is 16.0. The number of carbonyl (C=O) groups is 1. The molecular weight excluding hydrogens is 242 g/mol. The number of pyridine rings is 1. The molecule has 0 atom stereocenters. The molecule has 2 rings (SSSR count). The second-order valence-electron chi connectivity index (χ2n) is 3.95. The van der Waals surface area contributed by atoms with Gasteiger partial charge in [-0.2, -0.15) is 0 Å². The lowest BCUT2D eigenvalue weighted by atomic mass is 10.1. The van der Waals surface area contributed by atoms with Gasteiger partial charge in [-0.05, 0) is 23.8 Å². The van der Waals surface area contributed by atoms with Gasteiger partial charge in [0.25, 0.3) is 5.91 Å². The molecule has 0 saturated heterocycles. The van der Waals surface area contributed by atoms with Crippen LogP contribution in [0.1, 0.15) is 15.9 Å². The van der Waals surface area contributed by atoms with Crippen molar-refractivity contribution in [3.8, 4) is 5.88 Å². The lowest BCUT2D eigenvalue weighted by Crippen LogP contribution is -2.12. The minimum Gasteiger partial charge on any atom is -0.481 e. The zero-order valence-electron chi connectivity index (χ0n) is 10.6. The van der Waals surface area contributed by atoms with Crippen LogP contribution in [-0.2, 0) is 6.54 Å². The second-order valence-corrected chi connectivity index (χ2v) is 3.95. The first kappa shape index (κ1) is 13.0. The number of nitrogens with zero attached hydrogens (tertiary/aromatic N) is 1. The summed E-state index contributed by atoms with van der Waals surface area (Å²) in [6.45, 7) is 0.408. The number of carbonyl (C=O) groups excluding carboxylic acids is 1. The van der Waals surface area contributed by atoms with E-state index in [2.05, 4.69) is 10.3 Å². The van der Waals surface area contributed by atoms with E-state index in [9.17, 15) is 4.79 Å². The van der Waals surface area contributed by atoms with Crippen molar-refractivity contribution in [1.82, 2.24) is 4.98 Å². The van der Waals surface area contributed by atoms with Gasteiger partial charge in [-0.3, -0.25) is 4.79 Å². The molecule has 0 spiro atoms. The molecule has 5 heteroatoms. The van der Waals surface area contributed by atoms with Crippen molar-refractivity contribution < 1.29 is 9.53 Å². The number of hydrogen-bond acceptors (Lipinski definition) is 4. The Hall–Kier alpha value is -2.40. The third kappa shape index (κ3) is 3.29. The van der Waals surface area contributed by atoms with Crippen molar-refractivity contribution in [3.05, 3.63) is 53.7 Å². The molecule has 2 aromatic rings. The van der Waals surface area contributed by atoms with Gasteiger partial charge >= 0.3 is 0 Å². The summed E-state index contributed by atoms with van der Waals surface area (Å²) in [7, 11) is 1.54. The van der Waals surface area contributed by atoms with Crippen LogP contribution >= 0.6 is 0 Å². The van der Waals surface area contributed by atoms with E-state index < -0.39 is 0 Å². The zero-order chi connectivity index (χ0) is 13.7. The maximum absolute atomic E-state index is 12.0. The molecule has 1 amide bonds. The predicted molar refractivity (Wildman–Crippen MR) is 73.1 cm³/mol. The molecule has 1 aromatic carbocycles. The number of nitrogens with two attached hydrogens (primary N) is 1. The Morgan fingerprint density at radius 3 is 2.84 bits per heavy atom. The fourth-order valence-corrected chi connectivity index (χ4v) is 1.62. The monoisotopic (exact) mass is 257 g/mol. The van der Waals surface area contributed by atoms with Crippen molar-refractivity contribution in [2.75, 3.05) is 12.4 Å². The third-order valence-electron chi connectivity index (χ3n) is 2.63. The van der Waals surface area contributed by atoms with E-state index in [1.807, 2.05) is 12.1 Å². The van der Waals surface area contributed by atoms with E-state index in [-0.39, 0.29) is 5.91 Å². The molecule has 98 valence electrons. The first-order valence-electron chi connectivity index (χ1n) is 5.83. The fourth-order valence-electron chi connectivity index (χ4n) is 1.62. The molecule has 0 fully saturated rings. The van der Waals surface area contributed by atoms with Crippen molar-refractivity contribution in [1.29, 1.82) is 0 Å². The van der Waals surface area contributed by atoms with Crippen LogP contribution in [0.15, 0.2) is 42.6 Å². The molecule has 0 aliphatic heterocycles. The highest BCUT2D eigenvalue weighted by Crippen LogP contribution is 2.13. The smallest absolute Gasteiger partial charge is 0.255 e. The Bertz CT molecular complexity index is 567. The Kier molecular flexibility index (Phi) is 4.10. The van der Waals surface area contributed by atoms with Gasteiger partial charge in [0.05, 0.1) is 19.0 Å². The average molecular weight is 257 g/mol. The Morgan fingerprint density at radius 2 is 2.21 bits per heavy atom. The number of anilines is 1. The first-order chi connectivity index (χ1) is 9.22. The standard InChI is InChI=1S/C14H15N3O2/c1-19-13-6-5-12(9-16-13)17-14(18)11-4-2-3-10(7-11)8-15/h2-7,9H,8,15H2,1H3,(H,17,18). The minimum absolute atomic E-state index is 0.192. The summed E-state index contributed by atoms with van der Waals surface area (Å²) >= 11 is 0. The molecule has 0 bridgehead atoms. The maximum atomic E-state index is 12.0. The third-order valence-corrected chi connectivity index (χ3v) is 2.63. The van der Waals surface area contributed by atoms with Gasteiger partial charge in [-0.15, -0.1) is 0 Å². The van der Waals surface area contributed by atoms with E-state index in [0.717, 1.165) is 5.56 Å². The van der Waals surface area contributed by atoms with Crippen molar-refractivity contribution in [2.24, 2.45) is 5.73 Å². The second kappa shape index (κ2) is 5.97. The van der Waals surface area contributed by atoms with Gasteiger partial charge in [-0.1, -0.05) is 12.1 Å². The molecule has 1 aromatic heterocycles. The molecule has 0 saturated carbocycles. The number of ether oxygens (including phenoxy) is 1. The largest absolute Gasteiger partial charge is 0.481 e. The van der Waals surface area contributed by atoms with Crippen LogP contribution in [-0.4, -0.2) is 18.0 Å². The van der Waals surface area contributed by atoms with Crippen LogP contribution in [0.25, 0.3) is 0 Å². The van der Waals surface area contributed by atoms with Crippen LogP contribution in [0.5, 0.6) is 5.88 Å². The van der Waals surface area contributed by atoms with Crippen LogP contribution in [0.4, 0.5) is 5.69 Å². The van der Waals surface area contributed by atoms with Gasteiger partial charge in [0.2, 0.25) is 5.88 Å². The van der Waals surface area contributed by atoms with E-state index in [1.54, 1.807) is 37.6 Å². The highest BCUT2D eigenvalue weighted by Gasteiger charge is 2.06. The van der Waals surface area contributed by atoms with E-state index >= 15 is 0 Å². The van der Waals surface area contributed by atoms with Crippen molar-refractivity contribution in [3.63, 3.8) is 0 Å². The summed E-state index contributed by atoms with van der Waals surface area (Å²) in [6.07, 6.45) is 1.55. The summed E-state index contributed by atoms with van der Waals surface area (Å²) in [6, 6.07) is 10.6. The van der Waals surface area contributed by atoms with Crippen molar-refractivity contribution >= 4 is 11.6 Å². The zero-order valence-corrected chi connectivity index (χ0v) is 10.6. The van der Waals surface area contributed by atoms with E-state index in [4.69, 9.17) is 10.5 Å². The minimum atomic E-state index is -0.192. The topological polar surface area (TPSA) is 77.2 Å². The van der Waals surface area contributed by atoms with Crippen LogP contribution < -0.4 is 15.8 Å². The molecule has 0 aliphatic carbocycles. The van der Waals surface area contributed by atoms with Crippen LogP contribution in [0.2, 0.25) is 0 Å². The lowest BCUT2D eigenvalue weighted by Gasteiger charge is -2.06. The van der Waals surface area contributed by atoms with E-state index in [0.29, 0.717) is 23.7 Å². The number of rotatable bonds is 4. The normalized spacial score (nSPS) is 10.0. The molecule has 0 radical (unpaired) electrons. The number of hydrogen-bond donors (Lipinski definition) is 2. The summed E-state index contributed by atoms with van der Waals surface area (Å²) in [5.74, 6) is 0.311. The fraction of sp³-hybridized carbons (Fsp3) is 0.143. The Labute approximate surface area is 111 Å². The van der Waals surface area contributed by atoms with Crippen LogP contribution in [0, 0.1) is 0 Å². The lowest BCUT2D eigenvalue weighted by molar-refractivity contribution is 0.102. The number of aromatic nitrogens is 1. The summed E-state index contributed by atoms with van der Waals surface area (Å²) in [5, 5.41) is 2.76. The average Bonchev–Trinajstić information content (AvgIpc) is 2.48. The number of amides is 1. The van der Waals surface area contributed by atoms with Crippen LogP contribution in [0.3, 0.4) is 0 Å². The van der Waals surface area contributed by atoms with E-state index in [1.165, 1.54) is 0 Å². The predicted octanol–water partition coefficient (Wildman–Crippen LogP) is 1.80. The molecule has 5 nitrogen and oxygen atoms in total. The molecule has 3 N–H and O–H groups in total. The number of benzene rings is 1. The Morgan fingerprint density at radius 1 is 1.37 bits per heavy atom. The quantitative estimate of drug-likeness (QED) is 0.875. The summed E-state index contributed by atoms with van der Waals surface area (Å²) < 4.78 is 4.95. The highest BCUT2D eigenvalue weighted by molar-refractivity contribution is 6.04. The summed E-state index contributed by atoms with van der Waals surface area (Å²) in [5.41, 5.74) is 7.65. The van der Waals surface area contributed by atoms with Gasteiger partial charge in [-0.25, -0.2) is 4.98 Å². The van der Waals surface area contributed by atoms with Gasteiger partial charge in [0.1, 0.15) is 0 Å². The number of nitrogens with one attached hydrogen (secondary N) is 1. The number of methoxy groups -OCH3 is 1. The van der Waals surface area contributed by atoms with Gasteiger partial charge in [0.15, 0.2) is 0 Å². The molecular formula is C14H15N3O2. The van der Waals surface area contributed by atoms with Crippen molar-refractivity contribution in [2.45, 2.75) is 6.54 Å². The Balaban J connectivity index is 2.11. The molecule has 1 heterocycles. The maximum Gasteiger partial charge on any atom is 0.255 e. The van der Waals surface area contributed by atoms with Gasteiger partial charge in [0, 0.05) is 18.2 Å². The molecule has 19 heavy (non-hydrogen) atoms. The highest BCUT2D eigenvalue weighted by atomic mass is 16.5. The molecule has 0 unspecified atom stereocenters. The first-order valence-corrected chi connectivity index (χ1v) is 5.83. The van der Waals surface area contributed by atoms with Gasteiger partial charge < -0.3 is 15.8 Å². The molecule has 0 aliphatic rings.